The van der Waals surface area contributed by atoms with Crippen molar-refractivity contribution in [3.63, 3.8) is 0 Å². The number of piperidine rings is 1. The van der Waals surface area contributed by atoms with Crippen molar-refractivity contribution in [1.29, 1.82) is 0 Å². The smallest absolute Gasteiger partial charge is 0.256 e. The number of aryl methyl sites for hydroxylation is 2. The summed E-state index contributed by atoms with van der Waals surface area (Å²) in [5.74, 6) is 0.491. The molecule has 1 saturated heterocycles. The summed E-state index contributed by atoms with van der Waals surface area (Å²) >= 11 is 0. The zero-order chi connectivity index (χ0) is 12.3. The number of carbonyl (C=O) groups excluding carboxylic acids is 1. The molecular weight excluding hydrogens is 218 g/mol. The van der Waals surface area contributed by atoms with Crippen LogP contribution in [0.4, 0.5) is 0 Å². The maximum absolute atomic E-state index is 12.0. The lowest BCUT2D eigenvalue weighted by molar-refractivity contribution is 0.0945. The fourth-order valence-corrected chi connectivity index (χ4v) is 2.21. The minimum absolute atomic E-state index is 0.0892. The topological polar surface area (TPSA) is 67.2 Å². The van der Waals surface area contributed by atoms with Crippen LogP contribution in [0.15, 0.2) is 4.52 Å². The molecule has 1 aliphatic heterocycles. The lowest BCUT2D eigenvalue weighted by Crippen LogP contribution is -2.43. The summed E-state index contributed by atoms with van der Waals surface area (Å²) in [7, 11) is 0. The van der Waals surface area contributed by atoms with Gasteiger partial charge in [-0.15, -0.1) is 0 Å². The standard InChI is InChI=1S/C12H19N3O2/c1-8-11(9(2)17-15-8)12(16)14-7-10-5-3-4-6-13-10/h10,13H,3-7H2,1-2H3,(H,14,16). The molecule has 0 aliphatic carbocycles. The van der Waals surface area contributed by atoms with E-state index in [2.05, 4.69) is 15.8 Å². The first kappa shape index (κ1) is 12.1. The first-order chi connectivity index (χ1) is 8.18. The Morgan fingerprint density at radius 3 is 2.94 bits per heavy atom. The van der Waals surface area contributed by atoms with Gasteiger partial charge in [-0.05, 0) is 33.2 Å². The number of hydrogen-bond donors (Lipinski definition) is 2. The molecule has 2 heterocycles. The van der Waals surface area contributed by atoms with E-state index in [1.54, 1.807) is 13.8 Å². The molecule has 0 aromatic carbocycles. The third-order valence-corrected chi connectivity index (χ3v) is 3.18. The molecule has 5 heteroatoms. The molecule has 17 heavy (non-hydrogen) atoms. The minimum Gasteiger partial charge on any atom is -0.361 e. The van der Waals surface area contributed by atoms with E-state index in [-0.39, 0.29) is 5.91 Å². The molecule has 5 nitrogen and oxygen atoms in total. The molecule has 0 bridgehead atoms. The normalized spacial score (nSPS) is 20.2. The number of nitrogens with zero attached hydrogens (tertiary/aromatic N) is 1. The second-order valence-corrected chi connectivity index (χ2v) is 4.56. The Balaban J connectivity index is 1.89. The fourth-order valence-electron chi connectivity index (χ4n) is 2.21. The van der Waals surface area contributed by atoms with Crippen LogP contribution in [0.3, 0.4) is 0 Å². The maximum atomic E-state index is 12.0. The second-order valence-electron chi connectivity index (χ2n) is 4.56. The number of rotatable bonds is 3. The molecule has 1 amide bonds. The van der Waals surface area contributed by atoms with Crippen LogP contribution in [0.25, 0.3) is 0 Å². The third kappa shape index (κ3) is 2.85. The zero-order valence-electron chi connectivity index (χ0n) is 10.4. The molecule has 1 aliphatic rings. The van der Waals surface area contributed by atoms with Gasteiger partial charge >= 0.3 is 0 Å². The van der Waals surface area contributed by atoms with Crippen molar-refractivity contribution in [2.75, 3.05) is 13.1 Å². The lowest BCUT2D eigenvalue weighted by Gasteiger charge is -2.23. The predicted octanol–water partition coefficient (Wildman–Crippen LogP) is 1.16. The van der Waals surface area contributed by atoms with Crippen molar-refractivity contribution in [3.8, 4) is 0 Å². The molecule has 1 aromatic rings. The van der Waals surface area contributed by atoms with Crippen molar-refractivity contribution < 1.29 is 9.32 Å². The van der Waals surface area contributed by atoms with Gasteiger partial charge in [-0.3, -0.25) is 4.79 Å². The third-order valence-electron chi connectivity index (χ3n) is 3.18. The summed E-state index contributed by atoms with van der Waals surface area (Å²) in [5, 5.41) is 10.1. The van der Waals surface area contributed by atoms with E-state index >= 15 is 0 Å². The number of amides is 1. The highest BCUT2D eigenvalue weighted by Crippen LogP contribution is 2.12. The summed E-state index contributed by atoms with van der Waals surface area (Å²) in [4.78, 5) is 12.0. The number of carbonyl (C=O) groups is 1. The Labute approximate surface area is 101 Å². The summed E-state index contributed by atoms with van der Waals surface area (Å²) in [6.45, 7) is 5.26. The van der Waals surface area contributed by atoms with Gasteiger partial charge < -0.3 is 15.2 Å². The Hall–Kier alpha value is -1.36. The first-order valence-corrected chi connectivity index (χ1v) is 6.13. The summed E-state index contributed by atoms with van der Waals surface area (Å²) in [5.41, 5.74) is 1.22. The lowest BCUT2D eigenvalue weighted by atomic mass is 10.0. The summed E-state index contributed by atoms with van der Waals surface area (Å²) in [6, 6.07) is 0.396. The van der Waals surface area contributed by atoms with E-state index in [0.717, 1.165) is 13.0 Å². The largest absolute Gasteiger partial charge is 0.361 e. The monoisotopic (exact) mass is 237 g/mol. The Bertz CT molecular complexity index is 375. The van der Waals surface area contributed by atoms with Gasteiger partial charge in [0.2, 0.25) is 0 Å². The van der Waals surface area contributed by atoms with Gasteiger partial charge in [0.1, 0.15) is 11.3 Å². The maximum Gasteiger partial charge on any atom is 0.256 e. The highest BCUT2D eigenvalue weighted by Gasteiger charge is 2.19. The molecule has 2 rings (SSSR count). The van der Waals surface area contributed by atoms with Crippen LogP contribution in [0.2, 0.25) is 0 Å². The van der Waals surface area contributed by atoms with Crippen molar-refractivity contribution in [2.24, 2.45) is 0 Å². The van der Waals surface area contributed by atoms with E-state index in [1.165, 1.54) is 12.8 Å². The highest BCUT2D eigenvalue weighted by molar-refractivity contribution is 5.96. The van der Waals surface area contributed by atoms with Gasteiger partial charge in [0.25, 0.3) is 5.91 Å². The number of hydrogen-bond acceptors (Lipinski definition) is 4. The quantitative estimate of drug-likeness (QED) is 0.828. The summed E-state index contributed by atoms with van der Waals surface area (Å²) < 4.78 is 4.98. The van der Waals surface area contributed by atoms with Crippen molar-refractivity contribution >= 4 is 5.91 Å². The van der Waals surface area contributed by atoms with Gasteiger partial charge in [0.15, 0.2) is 0 Å². The van der Waals surface area contributed by atoms with Crippen LogP contribution in [0, 0.1) is 13.8 Å². The Morgan fingerprint density at radius 1 is 1.53 bits per heavy atom. The fraction of sp³-hybridized carbons (Fsp3) is 0.667. The van der Waals surface area contributed by atoms with Gasteiger partial charge in [-0.1, -0.05) is 11.6 Å². The molecule has 1 atom stereocenters. The van der Waals surface area contributed by atoms with Crippen LogP contribution >= 0.6 is 0 Å². The molecule has 0 saturated carbocycles. The molecule has 1 aromatic heterocycles. The molecule has 0 radical (unpaired) electrons. The number of aromatic nitrogens is 1. The SMILES string of the molecule is Cc1noc(C)c1C(=O)NCC1CCCCN1. The van der Waals surface area contributed by atoms with Crippen LogP contribution in [0.5, 0.6) is 0 Å². The van der Waals surface area contributed by atoms with Gasteiger partial charge in [0.05, 0.1) is 5.69 Å². The van der Waals surface area contributed by atoms with Crippen molar-refractivity contribution in [3.05, 3.63) is 17.0 Å². The predicted molar refractivity (Wildman–Crippen MR) is 64.0 cm³/mol. The van der Waals surface area contributed by atoms with Crippen molar-refractivity contribution in [2.45, 2.75) is 39.2 Å². The zero-order valence-corrected chi connectivity index (χ0v) is 10.4. The minimum atomic E-state index is -0.0892. The van der Waals surface area contributed by atoms with E-state index < -0.39 is 0 Å². The number of nitrogens with one attached hydrogen (secondary N) is 2. The van der Waals surface area contributed by atoms with Gasteiger partial charge in [-0.25, -0.2) is 0 Å². The molecule has 2 N–H and O–H groups in total. The molecule has 0 spiro atoms. The second kappa shape index (κ2) is 5.31. The van der Waals surface area contributed by atoms with Crippen molar-refractivity contribution in [1.82, 2.24) is 15.8 Å². The van der Waals surface area contributed by atoms with E-state index in [1.807, 2.05) is 0 Å². The first-order valence-electron chi connectivity index (χ1n) is 6.13. The van der Waals surface area contributed by atoms with Gasteiger partial charge in [0, 0.05) is 12.6 Å². The van der Waals surface area contributed by atoms with Gasteiger partial charge in [-0.2, -0.15) is 0 Å². The van der Waals surface area contributed by atoms with E-state index in [0.29, 0.717) is 29.6 Å². The van der Waals surface area contributed by atoms with Crippen LogP contribution in [-0.4, -0.2) is 30.2 Å². The van der Waals surface area contributed by atoms with Crippen LogP contribution in [-0.2, 0) is 0 Å². The Morgan fingerprint density at radius 2 is 2.35 bits per heavy atom. The molecule has 1 unspecified atom stereocenters. The average Bonchev–Trinajstić information content (AvgIpc) is 2.67. The molecule has 94 valence electrons. The molecular formula is C12H19N3O2. The highest BCUT2D eigenvalue weighted by atomic mass is 16.5. The van der Waals surface area contributed by atoms with Crippen LogP contribution in [0.1, 0.15) is 41.1 Å². The average molecular weight is 237 g/mol. The van der Waals surface area contributed by atoms with Crippen LogP contribution < -0.4 is 10.6 Å². The summed E-state index contributed by atoms with van der Waals surface area (Å²) in [6.07, 6.45) is 3.59. The Kier molecular flexibility index (Phi) is 3.78. The van der Waals surface area contributed by atoms with E-state index in [4.69, 9.17) is 4.52 Å². The molecule has 1 fully saturated rings. The van der Waals surface area contributed by atoms with E-state index in [9.17, 15) is 4.79 Å².